The summed E-state index contributed by atoms with van der Waals surface area (Å²) in [5, 5.41) is 15.9. The second-order valence-corrected chi connectivity index (χ2v) is 10.3. The van der Waals surface area contributed by atoms with E-state index in [-0.39, 0.29) is 30.7 Å². The molecule has 3 rings (SSSR count). The molecule has 0 bridgehead atoms. The lowest BCUT2D eigenvalue weighted by Gasteiger charge is -2.35. The van der Waals surface area contributed by atoms with E-state index in [9.17, 15) is 19.5 Å². The zero-order chi connectivity index (χ0) is 23.1. The predicted molar refractivity (Wildman–Crippen MR) is 120 cm³/mol. The van der Waals surface area contributed by atoms with E-state index in [2.05, 4.69) is 31.6 Å². The lowest BCUT2D eigenvalue weighted by molar-refractivity contribution is -0.139. The second-order valence-electron chi connectivity index (χ2n) is 9.43. The van der Waals surface area contributed by atoms with E-state index < -0.39 is 29.1 Å². The van der Waals surface area contributed by atoms with Crippen LogP contribution in [-0.2, 0) is 19.9 Å². The SMILES string of the molecule is CC(=O)N[C@H](C(=O)N1C[C@H](O)C[C@H]1C1=N[C@](C)(c2ccc(Br)cc2)C(=O)N1)C(C)(C)C. The average Bonchev–Trinajstić information content (AvgIpc) is 3.19. The number of rotatable bonds is 4. The van der Waals surface area contributed by atoms with Crippen LogP contribution in [0.15, 0.2) is 33.7 Å². The Morgan fingerprint density at radius 2 is 1.94 bits per heavy atom. The first-order valence-electron chi connectivity index (χ1n) is 10.3. The van der Waals surface area contributed by atoms with Gasteiger partial charge in [-0.3, -0.25) is 14.4 Å². The van der Waals surface area contributed by atoms with E-state index in [1.54, 1.807) is 6.92 Å². The molecule has 2 heterocycles. The molecule has 0 radical (unpaired) electrons. The molecule has 1 aromatic carbocycles. The molecule has 0 saturated carbocycles. The van der Waals surface area contributed by atoms with Crippen molar-refractivity contribution in [2.75, 3.05) is 6.54 Å². The number of β-amino-alcohol motifs (C(OH)–C–C–N with tert-alkyl or cyclic N) is 1. The van der Waals surface area contributed by atoms with Gasteiger partial charge in [-0.2, -0.15) is 0 Å². The second kappa shape index (κ2) is 8.35. The lowest BCUT2D eigenvalue weighted by Crippen LogP contribution is -2.57. The summed E-state index contributed by atoms with van der Waals surface area (Å²) in [7, 11) is 0. The molecule has 0 aliphatic carbocycles. The maximum atomic E-state index is 13.4. The molecule has 1 aromatic rings. The molecule has 31 heavy (non-hydrogen) atoms. The Hall–Kier alpha value is -2.26. The Morgan fingerprint density at radius 3 is 2.48 bits per heavy atom. The lowest BCUT2D eigenvalue weighted by atomic mass is 9.85. The van der Waals surface area contributed by atoms with Crippen LogP contribution in [0.1, 0.15) is 46.6 Å². The first kappa shape index (κ1) is 23.4. The number of halogens is 1. The van der Waals surface area contributed by atoms with Crippen molar-refractivity contribution in [3.63, 3.8) is 0 Å². The molecule has 3 amide bonds. The van der Waals surface area contributed by atoms with Gasteiger partial charge in [-0.1, -0.05) is 48.8 Å². The zero-order valence-electron chi connectivity index (χ0n) is 18.4. The third-order valence-corrected chi connectivity index (χ3v) is 6.30. The fourth-order valence-electron chi connectivity index (χ4n) is 4.02. The minimum Gasteiger partial charge on any atom is -0.391 e. The first-order valence-corrected chi connectivity index (χ1v) is 11.0. The fraction of sp³-hybridized carbons (Fsp3) is 0.545. The number of nitrogens with zero attached hydrogens (tertiary/aromatic N) is 2. The van der Waals surface area contributed by atoms with Gasteiger partial charge in [-0.15, -0.1) is 0 Å². The molecule has 1 fully saturated rings. The maximum Gasteiger partial charge on any atom is 0.257 e. The molecule has 2 aliphatic rings. The number of aliphatic hydroxyl groups excluding tert-OH is 1. The highest BCUT2D eigenvalue weighted by molar-refractivity contribution is 9.10. The highest BCUT2D eigenvalue weighted by atomic mass is 79.9. The minimum absolute atomic E-state index is 0.111. The summed E-state index contributed by atoms with van der Waals surface area (Å²) in [6.07, 6.45) is -0.482. The number of amides is 3. The van der Waals surface area contributed by atoms with Gasteiger partial charge in [0.2, 0.25) is 11.8 Å². The van der Waals surface area contributed by atoms with Crippen LogP contribution < -0.4 is 10.6 Å². The number of carbonyl (C=O) groups is 3. The van der Waals surface area contributed by atoms with Crippen molar-refractivity contribution in [1.29, 1.82) is 0 Å². The first-order chi connectivity index (χ1) is 14.3. The summed E-state index contributed by atoms with van der Waals surface area (Å²) >= 11 is 3.39. The summed E-state index contributed by atoms with van der Waals surface area (Å²) < 4.78 is 0.893. The van der Waals surface area contributed by atoms with Crippen LogP contribution in [0.3, 0.4) is 0 Å². The highest BCUT2D eigenvalue weighted by Gasteiger charge is 2.48. The Labute approximate surface area is 190 Å². The van der Waals surface area contributed by atoms with Crippen molar-refractivity contribution >= 4 is 39.5 Å². The van der Waals surface area contributed by atoms with Gasteiger partial charge in [0.1, 0.15) is 11.9 Å². The van der Waals surface area contributed by atoms with Gasteiger partial charge in [0.15, 0.2) is 5.54 Å². The van der Waals surface area contributed by atoms with Gasteiger partial charge in [0.25, 0.3) is 5.91 Å². The largest absolute Gasteiger partial charge is 0.391 e. The van der Waals surface area contributed by atoms with Crippen molar-refractivity contribution in [1.82, 2.24) is 15.5 Å². The van der Waals surface area contributed by atoms with Gasteiger partial charge in [-0.05, 0) is 30.0 Å². The van der Waals surface area contributed by atoms with Crippen LogP contribution in [0.25, 0.3) is 0 Å². The Bertz CT molecular complexity index is 924. The molecule has 3 N–H and O–H groups in total. The number of carbonyl (C=O) groups excluding carboxylic acids is 3. The Morgan fingerprint density at radius 1 is 1.32 bits per heavy atom. The van der Waals surface area contributed by atoms with Gasteiger partial charge < -0.3 is 20.6 Å². The number of hydrogen-bond donors (Lipinski definition) is 3. The van der Waals surface area contributed by atoms with Gasteiger partial charge >= 0.3 is 0 Å². The summed E-state index contributed by atoms with van der Waals surface area (Å²) in [6.45, 7) is 8.81. The minimum atomic E-state index is -1.13. The molecule has 0 aromatic heterocycles. The smallest absolute Gasteiger partial charge is 0.257 e. The molecule has 168 valence electrons. The number of hydrogen-bond acceptors (Lipinski definition) is 5. The van der Waals surface area contributed by atoms with Crippen LogP contribution in [0.5, 0.6) is 0 Å². The van der Waals surface area contributed by atoms with E-state index in [1.165, 1.54) is 11.8 Å². The average molecular weight is 493 g/mol. The van der Waals surface area contributed by atoms with E-state index in [0.717, 1.165) is 10.0 Å². The number of benzene rings is 1. The van der Waals surface area contributed by atoms with Crippen molar-refractivity contribution in [2.24, 2.45) is 10.4 Å². The predicted octanol–water partition coefficient (Wildman–Crippen LogP) is 1.71. The molecule has 0 spiro atoms. The number of nitrogens with one attached hydrogen (secondary N) is 2. The number of aliphatic imine (C=N–C) groups is 1. The van der Waals surface area contributed by atoms with Crippen LogP contribution in [0.4, 0.5) is 0 Å². The number of aliphatic hydroxyl groups is 1. The maximum absolute atomic E-state index is 13.4. The van der Waals surface area contributed by atoms with Crippen LogP contribution >= 0.6 is 15.9 Å². The Kier molecular flexibility index (Phi) is 6.30. The fourth-order valence-corrected chi connectivity index (χ4v) is 4.28. The van der Waals surface area contributed by atoms with Gasteiger partial charge in [-0.25, -0.2) is 4.99 Å². The van der Waals surface area contributed by atoms with Crippen molar-refractivity contribution < 1.29 is 19.5 Å². The number of amidine groups is 1. The van der Waals surface area contributed by atoms with E-state index in [0.29, 0.717) is 5.84 Å². The topological polar surface area (TPSA) is 111 Å². The quantitative estimate of drug-likeness (QED) is 0.593. The normalized spacial score (nSPS) is 27.0. The standard InChI is InChI=1S/C22H29BrN4O4/c1-12(28)24-17(21(2,3)4)19(30)27-11-15(29)10-16(27)18-25-20(31)22(5,26-18)13-6-8-14(23)9-7-13/h6-9,15-17,29H,10-11H2,1-5H3,(H,24,28)(H,25,26,31)/t15-,16+,17-,22-/m1/s1. The third-order valence-electron chi connectivity index (χ3n) is 5.77. The zero-order valence-corrected chi connectivity index (χ0v) is 20.0. The molecule has 1 saturated heterocycles. The van der Waals surface area contributed by atoms with Crippen molar-refractivity contribution in [3.05, 3.63) is 34.3 Å². The van der Waals surface area contributed by atoms with E-state index >= 15 is 0 Å². The third kappa shape index (κ3) is 4.67. The van der Waals surface area contributed by atoms with Crippen molar-refractivity contribution in [2.45, 2.75) is 64.8 Å². The molecular weight excluding hydrogens is 464 g/mol. The van der Waals surface area contributed by atoms with E-state index in [4.69, 9.17) is 0 Å². The molecule has 0 unspecified atom stereocenters. The molecule has 8 nitrogen and oxygen atoms in total. The van der Waals surface area contributed by atoms with E-state index in [1.807, 2.05) is 45.0 Å². The van der Waals surface area contributed by atoms with Crippen molar-refractivity contribution in [3.8, 4) is 0 Å². The molecule has 4 atom stereocenters. The summed E-state index contributed by atoms with van der Waals surface area (Å²) in [4.78, 5) is 44.2. The van der Waals surface area contributed by atoms with Gasteiger partial charge in [0, 0.05) is 24.4 Å². The summed E-state index contributed by atoms with van der Waals surface area (Å²) in [5.74, 6) is -0.541. The van der Waals surface area contributed by atoms with Crippen LogP contribution in [0.2, 0.25) is 0 Å². The monoisotopic (exact) mass is 492 g/mol. The van der Waals surface area contributed by atoms with Gasteiger partial charge in [0.05, 0.1) is 12.1 Å². The molecular formula is C22H29BrN4O4. The Balaban J connectivity index is 1.93. The summed E-state index contributed by atoms with van der Waals surface area (Å²) in [5.41, 5.74) is -0.933. The molecule has 9 heteroatoms. The summed E-state index contributed by atoms with van der Waals surface area (Å²) in [6, 6.07) is 6.00. The molecule has 2 aliphatic heterocycles. The highest BCUT2D eigenvalue weighted by Crippen LogP contribution is 2.33. The van der Waals surface area contributed by atoms with Crippen LogP contribution in [-0.4, -0.2) is 58.3 Å². The number of likely N-dealkylation sites (tertiary alicyclic amines) is 1. The van der Waals surface area contributed by atoms with Crippen LogP contribution in [0, 0.1) is 5.41 Å².